The van der Waals surface area contributed by atoms with E-state index in [2.05, 4.69) is 0 Å². The highest BCUT2D eigenvalue weighted by atomic mass is 16.5. The average Bonchev–Trinajstić information content (AvgIpc) is 3.20. The molecule has 0 atom stereocenters. The molecule has 6 aromatic carbocycles. The van der Waals surface area contributed by atoms with Gasteiger partial charge in [-0.1, -0.05) is 91.0 Å². The quantitative estimate of drug-likeness (QED) is 0.113. The zero-order valence-corrected chi connectivity index (χ0v) is 30.2. The summed E-state index contributed by atoms with van der Waals surface area (Å²) in [5.41, 5.74) is 5.45. The molecule has 0 fully saturated rings. The van der Waals surface area contributed by atoms with Crippen LogP contribution in [0.4, 0.5) is 0 Å². The van der Waals surface area contributed by atoms with Crippen molar-refractivity contribution < 1.29 is 29.5 Å². The first-order valence-corrected chi connectivity index (χ1v) is 17.5. The maximum Gasteiger partial charge on any atom is 0.167 e. The third-order valence-corrected chi connectivity index (χ3v) is 9.21. The Bertz CT molecular complexity index is 2120. The van der Waals surface area contributed by atoms with Gasteiger partial charge in [0, 0.05) is 16.7 Å². The van der Waals surface area contributed by atoms with Gasteiger partial charge in [-0.25, -0.2) is 15.0 Å². The third-order valence-electron chi connectivity index (χ3n) is 9.21. The second-order valence-corrected chi connectivity index (χ2v) is 12.9. The molecule has 0 bridgehead atoms. The van der Waals surface area contributed by atoms with E-state index in [9.17, 15) is 15.3 Å². The lowest BCUT2D eigenvalue weighted by atomic mass is 10.0. The van der Waals surface area contributed by atoms with Crippen molar-refractivity contribution in [2.75, 3.05) is 0 Å². The van der Waals surface area contributed by atoms with Crippen LogP contribution in [0.2, 0.25) is 0 Å². The van der Waals surface area contributed by atoms with Gasteiger partial charge >= 0.3 is 0 Å². The molecule has 0 spiro atoms. The Morgan fingerprint density at radius 1 is 0.370 bits per heavy atom. The minimum absolute atomic E-state index is 0.0706. The molecule has 0 aliphatic rings. The SMILES string of the molecule is Cc1c(OCc2ccccc2)ccc(-c2nc(-c3ccc(OCc4ccccc4)c(C)c3O)nc(-c3ccc(OCc4ccccc4)c(C)c3O)n2)c1O. The molecule has 9 nitrogen and oxygen atoms in total. The molecule has 0 radical (unpaired) electrons. The molecule has 7 aromatic rings. The molecule has 7 rings (SSSR count). The molecule has 9 heteroatoms. The lowest BCUT2D eigenvalue weighted by Gasteiger charge is -2.16. The van der Waals surface area contributed by atoms with Crippen LogP contribution in [0.15, 0.2) is 127 Å². The highest BCUT2D eigenvalue weighted by Gasteiger charge is 2.23. The fourth-order valence-electron chi connectivity index (χ4n) is 6.00. The summed E-state index contributed by atoms with van der Waals surface area (Å²) in [6, 6.07) is 39.6. The number of benzene rings is 6. The van der Waals surface area contributed by atoms with Crippen molar-refractivity contribution in [3.63, 3.8) is 0 Å². The topological polar surface area (TPSA) is 127 Å². The van der Waals surface area contributed by atoms with Crippen molar-refractivity contribution in [2.24, 2.45) is 0 Å². The molecule has 3 N–H and O–H groups in total. The Labute approximate surface area is 313 Å². The molecule has 1 aromatic heterocycles. The Balaban J connectivity index is 1.27. The second kappa shape index (κ2) is 15.8. The Kier molecular flexibility index (Phi) is 10.4. The van der Waals surface area contributed by atoms with Gasteiger partial charge in [0.15, 0.2) is 17.5 Å². The fraction of sp³-hybridized carbons (Fsp3) is 0.133. The Morgan fingerprint density at radius 2 is 0.630 bits per heavy atom. The number of aromatic nitrogens is 3. The van der Waals surface area contributed by atoms with Crippen LogP contribution in [-0.4, -0.2) is 30.3 Å². The lowest BCUT2D eigenvalue weighted by Crippen LogP contribution is -2.03. The summed E-state index contributed by atoms with van der Waals surface area (Å²) in [6.07, 6.45) is 0. The molecule has 0 aliphatic heterocycles. The van der Waals surface area contributed by atoms with Crippen LogP contribution in [0.1, 0.15) is 33.4 Å². The van der Waals surface area contributed by atoms with Crippen LogP contribution in [0.25, 0.3) is 34.2 Å². The first-order chi connectivity index (χ1) is 26.3. The zero-order chi connectivity index (χ0) is 37.6. The number of rotatable bonds is 12. The molecule has 1 heterocycles. The maximum atomic E-state index is 11.5. The highest BCUT2D eigenvalue weighted by Crippen LogP contribution is 2.42. The molecular formula is C45H39N3O6. The maximum absolute atomic E-state index is 11.5. The van der Waals surface area contributed by atoms with E-state index in [0.29, 0.717) is 70.4 Å². The highest BCUT2D eigenvalue weighted by molar-refractivity contribution is 5.77. The standard InChI is InChI=1S/C45H39N3O6/c1-28-37(52-25-31-13-7-4-8-14-31)22-19-34(40(28)49)43-46-44(35-20-23-38(29(2)41(35)50)53-26-32-15-9-5-10-16-32)48-45(47-43)36-21-24-39(30(3)42(36)51)54-27-33-17-11-6-12-18-33/h4-24,49-51H,25-27H2,1-3H3. The van der Waals surface area contributed by atoms with Gasteiger partial charge in [-0.2, -0.15) is 0 Å². The summed E-state index contributed by atoms with van der Waals surface area (Å²) in [7, 11) is 0. The normalized spacial score (nSPS) is 10.9. The van der Waals surface area contributed by atoms with Gasteiger partial charge in [0.2, 0.25) is 0 Å². The van der Waals surface area contributed by atoms with Crippen molar-refractivity contribution in [2.45, 2.75) is 40.6 Å². The smallest absolute Gasteiger partial charge is 0.167 e. The molecule has 0 amide bonds. The van der Waals surface area contributed by atoms with Gasteiger partial charge in [0.25, 0.3) is 0 Å². The summed E-state index contributed by atoms with van der Waals surface area (Å²) < 4.78 is 18.2. The minimum atomic E-state index is -0.0706. The summed E-state index contributed by atoms with van der Waals surface area (Å²) in [4.78, 5) is 14.3. The number of hydrogen-bond acceptors (Lipinski definition) is 9. The Hall–Kier alpha value is -6.87. The van der Waals surface area contributed by atoms with Crippen molar-refractivity contribution in [1.82, 2.24) is 15.0 Å². The number of ether oxygens (including phenoxy) is 3. The van der Waals surface area contributed by atoms with Crippen molar-refractivity contribution >= 4 is 0 Å². The van der Waals surface area contributed by atoms with Crippen molar-refractivity contribution in [1.29, 1.82) is 0 Å². The first kappa shape index (κ1) is 35.5. The molecule has 0 aliphatic carbocycles. The van der Waals surface area contributed by atoms with E-state index in [1.165, 1.54) is 0 Å². The van der Waals surface area contributed by atoms with Gasteiger partial charge in [-0.05, 0) is 73.9 Å². The number of phenols is 3. The molecule has 54 heavy (non-hydrogen) atoms. The summed E-state index contributed by atoms with van der Waals surface area (Å²) in [5, 5.41) is 34.5. The minimum Gasteiger partial charge on any atom is -0.507 e. The van der Waals surface area contributed by atoms with E-state index in [0.717, 1.165) is 16.7 Å². The van der Waals surface area contributed by atoms with Crippen LogP contribution >= 0.6 is 0 Å². The molecule has 0 unspecified atom stereocenters. The average molecular weight is 718 g/mol. The number of hydrogen-bond donors (Lipinski definition) is 3. The summed E-state index contributed by atoms with van der Waals surface area (Å²) in [5.74, 6) is 1.71. The van der Waals surface area contributed by atoms with E-state index in [1.807, 2.05) is 91.0 Å². The summed E-state index contributed by atoms with van der Waals surface area (Å²) >= 11 is 0. The van der Waals surface area contributed by atoms with Gasteiger partial charge in [0.1, 0.15) is 54.3 Å². The van der Waals surface area contributed by atoms with E-state index < -0.39 is 0 Å². The van der Waals surface area contributed by atoms with E-state index in [1.54, 1.807) is 57.2 Å². The molecular weight excluding hydrogens is 679 g/mol. The number of phenolic OH excluding ortho intramolecular Hbond substituents is 3. The van der Waals surface area contributed by atoms with Gasteiger partial charge in [-0.15, -0.1) is 0 Å². The lowest BCUT2D eigenvalue weighted by molar-refractivity contribution is 0.302. The molecule has 0 saturated carbocycles. The van der Waals surface area contributed by atoms with Gasteiger partial charge < -0.3 is 29.5 Å². The molecule has 0 saturated heterocycles. The predicted octanol–water partition coefficient (Wildman–Crippen LogP) is 9.65. The summed E-state index contributed by atoms with van der Waals surface area (Å²) in [6.45, 7) is 6.26. The van der Waals surface area contributed by atoms with Crippen molar-refractivity contribution in [3.8, 4) is 68.7 Å². The van der Waals surface area contributed by atoms with E-state index in [-0.39, 0.29) is 34.7 Å². The monoisotopic (exact) mass is 717 g/mol. The van der Waals surface area contributed by atoms with Crippen LogP contribution in [0.5, 0.6) is 34.5 Å². The Morgan fingerprint density at radius 3 is 0.889 bits per heavy atom. The van der Waals surface area contributed by atoms with Crippen LogP contribution in [-0.2, 0) is 19.8 Å². The van der Waals surface area contributed by atoms with E-state index in [4.69, 9.17) is 29.2 Å². The van der Waals surface area contributed by atoms with Gasteiger partial charge in [-0.3, -0.25) is 0 Å². The predicted molar refractivity (Wildman–Crippen MR) is 208 cm³/mol. The number of nitrogens with zero attached hydrogens (tertiary/aromatic N) is 3. The first-order valence-electron chi connectivity index (χ1n) is 17.5. The molecule has 270 valence electrons. The van der Waals surface area contributed by atoms with E-state index >= 15 is 0 Å². The third kappa shape index (κ3) is 7.66. The van der Waals surface area contributed by atoms with Crippen LogP contribution in [0.3, 0.4) is 0 Å². The second-order valence-electron chi connectivity index (χ2n) is 12.9. The fourth-order valence-corrected chi connectivity index (χ4v) is 6.00. The zero-order valence-electron chi connectivity index (χ0n) is 30.2. The van der Waals surface area contributed by atoms with Crippen LogP contribution < -0.4 is 14.2 Å². The van der Waals surface area contributed by atoms with Crippen LogP contribution in [0, 0.1) is 20.8 Å². The number of aromatic hydroxyl groups is 3. The van der Waals surface area contributed by atoms with Gasteiger partial charge in [0.05, 0.1) is 16.7 Å². The largest absolute Gasteiger partial charge is 0.507 e. The van der Waals surface area contributed by atoms with Crippen molar-refractivity contribution in [3.05, 3.63) is 161 Å².